The highest BCUT2D eigenvalue weighted by Gasteiger charge is 2.20. The third kappa shape index (κ3) is 4.26. The number of rotatable bonds is 5. The predicted octanol–water partition coefficient (Wildman–Crippen LogP) is 4.03. The molecule has 0 spiro atoms. The van der Waals surface area contributed by atoms with Gasteiger partial charge >= 0.3 is 0 Å². The lowest BCUT2D eigenvalue weighted by molar-refractivity contribution is -0.122. The summed E-state index contributed by atoms with van der Waals surface area (Å²) < 4.78 is 0. The number of amides is 1. The molecule has 1 N–H and O–H groups in total. The molecule has 0 saturated heterocycles. The van der Waals surface area contributed by atoms with Gasteiger partial charge in [0.25, 0.3) is 0 Å². The fraction of sp³-hybridized carbons (Fsp3) is 0.208. The molecule has 136 valence electrons. The van der Waals surface area contributed by atoms with Crippen LogP contribution in [-0.2, 0) is 24.3 Å². The van der Waals surface area contributed by atoms with Crippen LogP contribution in [-0.4, -0.2) is 23.9 Å². The van der Waals surface area contributed by atoms with E-state index in [1.165, 1.54) is 27.8 Å². The standard InChI is InChI=1S/C24H24N2O/c27-24(25-15-14-19-8-2-1-3-9-19)18-26-16-20-10-4-6-12-22(20)23-13-7-5-11-21(23)17-26/h1-13H,14-18H2,(H,25,27). The van der Waals surface area contributed by atoms with Crippen molar-refractivity contribution >= 4 is 5.91 Å². The molecule has 0 bridgehead atoms. The van der Waals surface area contributed by atoms with E-state index in [1.807, 2.05) is 18.2 Å². The molecule has 0 unspecified atom stereocenters. The van der Waals surface area contributed by atoms with E-state index in [0.29, 0.717) is 13.1 Å². The van der Waals surface area contributed by atoms with Crippen LogP contribution >= 0.6 is 0 Å². The van der Waals surface area contributed by atoms with Crippen LogP contribution in [0.1, 0.15) is 16.7 Å². The minimum absolute atomic E-state index is 0.0859. The first-order valence-electron chi connectivity index (χ1n) is 9.49. The third-order valence-electron chi connectivity index (χ3n) is 5.06. The summed E-state index contributed by atoms with van der Waals surface area (Å²) in [6.07, 6.45) is 0.859. The lowest BCUT2D eigenvalue weighted by Gasteiger charge is -2.20. The average Bonchev–Trinajstić information content (AvgIpc) is 2.85. The molecule has 1 aliphatic heterocycles. The largest absolute Gasteiger partial charge is 0.355 e. The van der Waals surface area contributed by atoms with Crippen molar-refractivity contribution in [3.63, 3.8) is 0 Å². The molecule has 1 heterocycles. The molecule has 4 rings (SSSR count). The molecule has 27 heavy (non-hydrogen) atoms. The summed E-state index contributed by atoms with van der Waals surface area (Å²) in [6, 6.07) is 27.3. The summed E-state index contributed by atoms with van der Waals surface area (Å²) in [4.78, 5) is 14.7. The van der Waals surface area contributed by atoms with Crippen LogP contribution in [0.2, 0.25) is 0 Å². The summed E-state index contributed by atoms with van der Waals surface area (Å²) in [5, 5.41) is 3.07. The molecular weight excluding hydrogens is 332 g/mol. The zero-order valence-electron chi connectivity index (χ0n) is 15.4. The second-order valence-corrected chi connectivity index (χ2v) is 7.05. The van der Waals surface area contributed by atoms with Gasteiger partial charge in [-0.15, -0.1) is 0 Å². The fourth-order valence-electron chi connectivity index (χ4n) is 3.74. The Morgan fingerprint density at radius 2 is 1.33 bits per heavy atom. The van der Waals surface area contributed by atoms with E-state index in [1.54, 1.807) is 0 Å². The van der Waals surface area contributed by atoms with E-state index in [9.17, 15) is 4.79 Å². The second-order valence-electron chi connectivity index (χ2n) is 7.05. The van der Waals surface area contributed by atoms with E-state index < -0.39 is 0 Å². The van der Waals surface area contributed by atoms with Gasteiger partial charge in [-0.05, 0) is 34.2 Å². The lowest BCUT2D eigenvalue weighted by atomic mass is 9.97. The van der Waals surface area contributed by atoms with Gasteiger partial charge in [-0.25, -0.2) is 0 Å². The van der Waals surface area contributed by atoms with Gasteiger partial charge in [-0.1, -0.05) is 78.9 Å². The first-order valence-corrected chi connectivity index (χ1v) is 9.49. The topological polar surface area (TPSA) is 32.3 Å². The molecule has 3 heteroatoms. The SMILES string of the molecule is O=C(CN1Cc2ccccc2-c2ccccc2C1)NCCc1ccccc1. The van der Waals surface area contributed by atoms with Gasteiger partial charge in [-0.3, -0.25) is 9.69 Å². The van der Waals surface area contributed by atoms with E-state index in [2.05, 4.69) is 70.9 Å². The minimum Gasteiger partial charge on any atom is -0.355 e. The highest BCUT2D eigenvalue weighted by molar-refractivity contribution is 5.78. The molecule has 0 saturated carbocycles. The molecule has 3 nitrogen and oxygen atoms in total. The zero-order valence-corrected chi connectivity index (χ0v) is 15.4. The normalized spacial score (nSPS) is 13.3. The van der Waals surface area contributed by atoms with E-state index in [4.69, 9.17) is 0 Å². The van der Waals surface area contributed by atoms with Crippen molar-refractivity contribution in [1.82, 2.24) is 10.2 Å². The maximum atomic E-state index is 12.5. The molecule has 3 aromatic rings. The average molecular weight is 356 g/mol. The maximum absolute atomic E-state index is 12.5. The number of carbonyl (C=O) groups excluding carboxylic acids is 1. The molecule has 0 radical (unpaired) electrons. The number of fused-ring (bicyclic) bond motifs is 3. The smallest absolute Gasteiger partial charge is 0.234 e. The van der Waals surface area contributed by atoms with Gasteiger partial charge in [0.2, 0.25) is 5.91 Å². The van der Waals surface area contributed by atoms with Gasteiger partial charge < -0.3 is 5.32 Å². The van der Waals surface area contributed by atoms with Gasteiger partial charge in [0.1, 0.15) is 0 Å². The number of nitrogens with one attached hydrogen (secondary N) is 1. The third-order valence-corrected chi connectivity index (χ3v) is 5.06. The fourth-order valence-corrected chi connectivity index (χ4v) is 3.74. The van der Waals surface area contributed by atoms with Gasteiger partial charge in [-0.2, -0.15) is 0 Å². The Kier molecular flexibility index (Phi) is 5.31. The number of carbonyl (C=O) groups is 1. The van der Waals surface area contributed by atoms with Gasteiger partial charge in [0.05, 0.1) is 6.54 Å². The van der Waals surface area contributed by atoms with Crippen LogP contribution in [0.15, 0.2) is 78.9 Å². The van der Waals surface area contributed by atoms with Crippen molar-refractivity contribution in [2.45, 2.75) is 19.5 Å². The summed E-state index contributed by atoms with van der Waals surface area (Å²) in [7, 11) is 0. The molecule has 1 amide bonds. The van der Waals surface area contributed by atoms with Crippen LogP contribution < -0.4 is 5.32 Å². The Bertz CT molecular complexity index is 873. The van der Waals surface area contributed by atoms with E-state index in [0.717, 1.165) is 19.5 Å². The van der Waals surface area contributed by atoms with Crippen molar-refractivity contribution in [2.75, 3.05) is 13.1 Å². The van der Waals surface area contributed by atoms with Crippen molar-refractivity contribution in [3.05, 3.63) is 95.6 Å². The van der Waals surface area contributed by atoms with Crippen LogP contribution in [0.4, 0.5) is 0 Å². The minimum atomic E-state index is 0.0859. The maximum Gasteiger partial charge on any atom is 0.234 e. The lowest BCUT2D eigenvalue weighted by Crippen LogP contribution is -2.37. The van der Waals surface area contributed by atoms with Gasteiger partial charge in [0.15, 0.2) is 0 Å². The van der Waals surface area contributed by atoms with E-state index >= 15 is 0 Å². The quantitative estimate of drug-likeness (QED) is 0.749. The van der Waals surface area contributed by atoms with Crippen molar-refractivity contribution in [1.29, 1.82) is 0 Å². The zero-order chi connectivity index (χ0) is 18.5. The summed E-state index contributed by atoms with van der Waals surface area (Å²) in [5.41, 5.74) is 6.36. The predicted molar refractivity (Wildman–Crippen MR) is 109 cm³/mol. The number of benzene rings is 3. The molecule has 0 aromatic heterocycles. The van der Waals surface area contributed by atoms with Crippen LogP contribution in [0.5, 0.6) is 0 Å². The molecule has 0 fully saturated rings. The Labute approximate surface area is 160 Å². The summed E-state index contributed by atoms with van der Waals surface area (Å²) in [5.74, 6) is 0.0859. The number of hydrogen-bond acceptors (Lipinski definition) is 2. The van der Waals surface area contributed by atoms with Gasteiger partial charge in [0, 0.05) is 19.6 Å². The first-order chi connectivity index (χ1) is 13.3. The van der Waals surface area contributed by atoms with Crippen molar-refractivity contribution in [3.8, 4) is 11.1 Å². The Hall–Kier alpha value is -2.91. The molecular formula is C24H24N2O. The summed E-state index contributed by atoms with van der Waals surface area (Å²) >= 11 is 0. The Balaban J connectivity index is 1.42. The van der Waals surface area contributed by atoms with Crippen molar-refractivity contribution < 1.29 is 4.79 Å². The highest BCUT2D eigenvalue weighted by Crippen LogP contribution is 2.32. The molecule has 0 atom stereocenters. The molecule has 1 aliphatic rings. The van der Waals surface area contributed by atoms with Crippen molar-refractivity contribution in [2.24, 2.45) is 0 Å². The molecule has 3 aromatic carbocycles. The molecule has 0 aliphatic carbocycles. The summed E-state index contributed by atoms with van der Waals surface area (Å²) in [6.45, 7) is 2.66. The number of nitrogens with zero attached hydrogens (tertiary/aromatic N) is 1. The Morgan fingerprint density at radius 1 is 0.778 bits per heavy atom. The van der Waals surface area contributed by atoms with Crippen LogP contribution in [0, 0.1) is 0 Å². The first kappa shape index (κ1) is 17.5. The van der Waals surface area contributed by atoms with E-state index in [-0.39, 0.29) is 5.91 Å². The van der Waals surface area contributed by atoms with Crippen LogP contribution in [0.25, 0.3) is 11.1 Å². The highest BCUT2D eigenvalue weighted by atomic mass is 16.2. The second kappa shape index (κ2) is 8.19. The Morgan fingerprint density at radius 3 is 1.96 bits per heavy atom. The van der Waals surface area contributed by atoms with Crippen LogP contribution in [0.3, 0.4) is 0 Å². The number of hydrogen-bond donors (Lipinski definition) is 1. The monoisotopic (exact) mass is 356 g/mol.